The Bertz CT molecular complexity index is 34.7. The SMILES string of the molecule is O=C([O-])[O-].[Mg+2].[Mn+2].[OH-]. The van der Waals surface area contributed by atoms with E-state index in [4.69, 9.17) is 15.0 Å². The fraction of sp³-hybridized carbons (Fsp3) is 0. The minimum atomic E-state index is -2.33. The monoisotopic (exact) mass is 156 g/mol. The normalized spacial score (nSPS) is 3.43. The van der Waals surface area contributed by atoms with Gasteiger partial charge in [-0.2, -0.15) is 0 Å². The van der Waals surface area contributed by atoms with E-state index in [0.29, 0.717) is 0 Å². The molecule has 0 aromatic carbocycles. The second-order valence-corrected chi connectivity index (χ2v) is 0.250. The topological polar surface area (TPSA) is 93.2 Å². The second-order valence-electron chi connectivity index (χ2n) is 0.250. The number of hydrogen-bond donors (Lipinski definition) is 0. The van der Waals surface area contributed by atoms with Crippen molar-refractivity contribution >= 4 is 29.2 Å². The average molecular weight is 156 g/mol. The number of carbonyl (C=O) groups is 1. The van der Waals surface area contributed by atoms with Crippen molar-refractivity contribution in [1.82, 2.24) is 0 Å². The molecular formula is CHMgMnO4+. The van der Waals surface area contributed by atoms with Crippen LogP contribution in [-0.2, 0) is 17.1 Å². The summed E-state index contributed by atoms with van der Waals surface area (Å²) in [6, 6.07) is 0. The van der Waals surface area contributed by atoms with Gasteiger partial charge in [0.05, 0.1) is 0 Å². The number of rotatable bonds is 0. The first kappa shape index (κ1) is 25.8. The first-order chi connectivity index (χ1) is 1.73. The van der Waals surface area contributed by atoms with Crippen LogP contribution in [0, 0.1) is 0 Å². The van der Waals surface area contributed by atoms with Gasteiger partial charge in [0.1, 0.15) is 0 Å². The standard InChI is InChI=1S/CH2O3.Mg.Mn.H2O/c2-1(3)4;;;/h(H2,2,3,4);;;1H2/q;2*+2;/p-3. The minimum absolute atomic E-state index is 0. The summed E-state index contributed by atoms with van der Waals surface area (Å²) < 4.78 is 0. The van der Waals surface area contributed by atoms with Crippen molar-refractivity contribution in [1.29, 1.82) is 0 Å². The van der Waals surface area contributed by atoms with Gasteiger partial charge in [-0.25, -0.2) is 0 Å². The Balaban J connectivity index is -0.0000000150. The molecule has 0 rings (SSSR count). The summed E-state index contributed by atoms with van der Waals surface area (Å²) in [7, 11) is 0. The van der Waals surface area contributed by atoms with Crippen LogP contribution in [-0.4, -0.2) is 34.7 Å². The van der Waals surface area contributed by atoms with E-state index >= 15 is 0 Å². The first-order valence-corrected chi connectivity index (χ1v) is 0.612. The predicted molar refractivity (Wildman–Crippen MR) is 13.1 cm³/mol. The van der Waals surface area contributed by atoms with Gasteiger partial charge in [0.15, 0.2) is 0 Å². The molecule has 6 heteroatoms. The Morgan fingerprint density at radius 2 is 1.29 bits per heavy atom. The van der Waals surface area contributed by atoms with Crippen molar-refractivity contribution in [3.05, 3.63) is 0 Å². The smallest absolute Gasteiger partial charge is 0.870 e. The molecule has 0 fully saturated rings. The molecule has 0 heterocycles. The zero-order valence-corrected chi connectivity index (χ0v) is 5.85. The molecule has 4 nitrogen and oxygen atoms in total. The summed E-state index contributed by atoms with van der Waals surface area (Å²) in [5.74, 6) is 0. The van der Waals surface area contributed by atoms with Crippen molar-refractivity contribution in [3.8, 4) is 0 Å². The van der Waals surface area contributed by atoms with Gasteiger partial charge in [0, 0.05) is 0 Å². The molecule has 0 amide bonds. The van der Waals surface area contributed by atoms with Gasteiger partial charge in [-0.3, -0.25) is 0 Å². The maximum atomic E-state index is 8.33. The maximum absolute atomic E-state index is 8.33. The van der Waals surface area contributed by atoms with E-state index in [-0.39, 0.29) is 45.6 Å². The number of carboxylic acid groups (broad SMARTS) is 2. The Morgan fingerprint density at radius 1 is 1.29 bits per heavy atom. The van der Waals surface area contributed by atoms with Crippen molar-refractivity contribution in [2.45, 2.75) is 0 Å². The summed E-state index contributed by atoms with van der Waals surface area (Å²) in [5.41, 5.74) is 0. The Morgan fingerprint density at radius 3 is 1.29 bits per heavy atom. The predicted octanol–water partition coefficient (Wildman–Crippen LogP) is -3.01. The van der Waals surface area contributed by atoms with Crippen molar-refractivity contribution in [2.75, 3.05) is 0 Å². The summed E-state index contributed by atoms with van der Waals surface area (Å²) >= 11 is 0. The fourth-order valence-corrected chi connectivity index (χ4v) is 0. The van der Waals surface area contributed by atoms with Crippen LogP contribution in [0.25, 0.3) is 0 Å². The van der Waals surface area contributed by atoms with Crippen molar-refractivity contribution < 1.29 is 37.6 Å². The minimum Gasteiger partial charge on any atom is -0.870 e. The molecule has 7 heavy (non-hydrogen) atoms. The van der Waals surface area contributed by atoms with E-state index in [0.717, 1.165) is 0 Å². The molecule has 0 unspecified atom stereocenters. The third-order valence-corrected chi connectivity index (χ3v) is 0. The quantitative estimate of drug-likeness (QED) is 0.349. The van der Waals surface area contributed by atoms with Gasteiger partial charge in [-0.15, -0.1) is 0 Å². The molecule has 0 atom stereocenters. The molecular weight excluding hydrogens is 155 g/mol. The van der Waals surface area contributed by atoms with Crippen LogP contribution in [0.15, 0.2) is 0 Å². The first-order valence-electron chi connectivity index (χ1n) is 0.612. The largest absolute Gasteiger partial charge is 2.00 e. The van der Waals surface area contributed by atoms with E-state index in [2.05, 4.69) is 0 Å². The number of hydrogen-bond acceptors (Lipinski definition) is 4. The summed E-state index contributed by atoms with van der Waals surface area (Å²) in [4.78, 5) is 8.33. The molecule has 0 aromatic heterocycles. The molecule has 0 aliphatic rings. The molecule has 0 aliphatic carbocycles. The molecule has 1 radical (unpaired) electrons. The third-order valence-electron chi connectivity index (χ3n) is 0. The van der Waals surface area contributed by atoms with Crippen molar-refractivity contribution in [2.24, 2.45) is 0 Å². The molecule has 0 aromatic rings. The molecule has 0 aliphatic heterocycles. The van der Waals surface area contributed by atoms with E-state index < -0.39 is 6.16 Å². The Kier molecular flexibility index (Phi) is 59.1. The van der Waals surface area contributed by atoms with Crippen LogP contribution in [0.1, 0.15) is 0 Å². The van der Waals surface area contributed by atoms with Crippen LogP contribution >= 0.6 is 0 Å². The zero-order chi connectivity index (χ0) is 3.58. The zero-order valence-electron chi connectivity index (χ0n) is 3.26. The van der Waals surface area contributed by atoms with Gasteiger partial charge < -0.3 is 20.5 Å². The molecule has 0 bridgehead atoms. The molecule has 1 N–H and O–H groups in total. The average Bonchev–Trinajstić information content (AvgIpc) is 0.811. The van der Waals surface area contributed by atoms with E-state index in [1.165, 1.54) is 0 Å². The van der Waals surface area contributed by atoms with E-state index in [1.54, 1.807) is 0 Å². The van der Waals surface area contributed by atoms with Crippen LogP contribution in [0.3, 0.4) is 0 Å². The van der Waals surface area contributed by atoms with Crippen LogP contribution in [0.4, 0.5) is 4.79 Å². The van der Waals surface area contributed by atoms with Crippen molar-refractivity contribution in [3.63, 3.8) is 0 Å². The molecule has 0 saturated carbocycles. The maximum Gasteiger partial charge on any atom is 2.00 e. The van der Waals surface area contributed by atoms with Gasteiger partial charge in [0.2, 0.25) is 0 Å². The summed E-state index contributed by atoms with van der Waals surface area (Å²) in [6.07, 6.45) is -2.33. The van der Waals surface area contributed by atoms with Crippen LogP contribution in [0.5, 0.6) is 0 Å². The van der Waals surface area contributed by atoms with Gasteiger partial charge >= 0.3 is 40.1 Å². The fourth-order valence-electron chi connectivity index (χ4n) is 0. The molecule has 0 saturated heterocycles. The van der Waals surface area contributed by atoms with E-state index in [9.17, 15) is 0 Å². The van der Waals surface area contributed by atoms with Crippen LogP contribution < -0.4 is 10.2 Å². The Labute approximate surface area is 66.8 Å². The molecule has 37 valence electrons. The molecule has 0 spiro atoms. The summed E-state index contributed by atoms with van der Waals surface area (Å²) in [5, 5.41) is 16.7. The second kappa shape index (κ2) is 16.0. The number of carbonyl (C=O) groups excluding carboxylic acids is 1. The Hall–Kier alpha value is 0.516. The van der Waals surface area contributed by atoms with Crippen LogP contribution in [0.2, 0.25) is 0 Å². The van der Waals surface area contributed by atoms with Gasteiger partial charge in [0.25, 0.3) is 0 Å². The third kappa shape index (κ3) is 500. The van der Waals surface area contributed by atoms with E-state index in [1.807, 2.05) is 0 Å². The van der Waals surface area contributed by atoms with Gasteiger partial charge in [-0.05, 0) is 6.16 Å². The summed E-state index contributed by atoms with van der Waals surface area (Å²) in [6.45, 7) is 0. The van der Waals surface area contributed by atoms with Gasteiger partial charge in [-0.1, -0.05) is 0 Å².